The molecule has 2 N–H and O–H groups in total. The van der Waals surface area contributed by atoms with Gasteiger partial charge in [0, 0.05) is 73.4 Å². The Morgan fingerprint density at radius 2 is 1.32 bits per heavy atom. The minimum atomic E-state index is -0.376. The van der Waals surface area contributed by atoms with Crippen LogP contribution in [0.25, 0.3) is 0 Å². The number of urea groups is 1. The molecule has 8 nitrogen and oxygen atoms in total. The van der Waals surface area contributed by atoms with Crippen LogP contribution in [0.2, 0.25) is 5.02 Å². The number of carbonyl (C=O) groups excluding carboxylic acids is 2. The van der Waals surface area contributed by atoms with Crippen molar-refractivity contribution in [2.24, 2.45) is 0 Å². The van der Waals surface area contributed by atoms with Crippen molar-refractivity contribution in [1.82, 2.24) is 10.2 Å². The predicted molar refractivity (Wildman–Crippen MR) is 157 cm³/mol. The zero-order valence-corrected chi connectivity index (χ0v) is 23.0. The molecule has 4 aromatic carbocycles. The molecule has 0 spiro atoms. The molecule has 0 radical (unpaired) electrons. The van der Waals surface area contributed by atoms with Gasteiger partial charge in [-0.15, -0.1) is 0 Å². The second kappa shape index (κ2) is 12.6. The van der Waals surface area contributed by atoms with Gasteiger partial charge in [0.25, 0.3) is 5.91 Å². The van der Waals surface area contributed by atoms with E-state index in [1.165, 1.54) is 24.3 Å². The maximum Gasteiger partial charge on any atom is 0.321 e. The molecule has 0 atom stereocenters. The number of amides is 3. The standard InChI is InChI=1S/C31H28ClFN4O4/c1-34-30(38)21-2-10-26(11-3-21)40-28-18-24(19-29(20-28)41-27-12-6-23(33)7-13-27)35-31(39)37-16-14-36(15-17-37)25-8-4-22(32)5-9-25/h2-13,18-20H,14-17H2,1H3,(H,34,38)(H,35,39). The van der Waals surface area contributed by atoms with Crippen molar-refractivity contribution in [3.63, 3.8) is 0 Å². The number of nitrogens with one attached hydrogen (secondary N) is 2. The van der Waals surface area contributed by atoms with Gasteiger partial charge in [-0.2, -0.15) is 0 Å². The van der Waals surface area contributed by atoms with E-state index in [0.717, 1.165) is 5.69 Å². The topological polar surface area (TPSA) is 83.1 Å². The van der Waals surface area contributed by atoms with Gasteiger partial charge in [0.05, 0.1) is 0 Å². The van der Waals surface area contributed by atoms with Gasteiger partial charge in [-0.05, 0) is 72.8 Å². The number of benzene rings is 4. The Bertz CT molecular complexity index is 1510. The van der Waals surface area contributed by atoms with Crippen molar-refractivity contribution in [1.29, 1.82) is 0 Å². The van der Waals surface area contributed by atoms with Gasteiger partial charge < -0.3 is 29.9 Å². The number of carbonyl (C=O) groups is 2. The molecule has 4 aromatic rings. The van der Waals surface area contributed by atoms with Crippen LogP contribution in [0.15, 0.2) is 91.0 Å². The van der Waals surface area contributed by atoms with E-state index in [0.29, 0.717) is 65.5 Å². The van der Waals surface area contributed by atoms with Crippen LogP contribution in [0, 0.1) is 5.82 Å². The predicted octanol–water partition coefficient (Wildman–Crippen LogP) is 6.78. The van der Waals surface area contributed by atoms with E-state index in [1.54, 1.807) is 54.4 Å². The van der Waals surface area contributed by atoms with E-state index < -0.39 is 0 Å². The van der Waals surface area contributed by atoms with Crippen molar-refractivity contribution in [2.45, 2.75) is 0 Å². The van der Waals surface area contributed by atoms with Gasteiger partial charge in [0.15, 0.2) is 0 Å². The van der Waals surface area contributed by atoms with Crippen LogP contribution in [0.1, 0.15) is 10.4 Å². The molecular weight excluding hydrogens is 547 g/mol. The first-order valence-electron chi connectivity index (χ1n) is 13.0. The van der Waals surface area contributed by atoms with Crippen molar-refractivity contribution >= 4 is 34.9 Å². The minimum Gasteiger partial charge on any atom is -0.457 e. The quantitative estimate of drug-likeness (QED) is 0.254. The minimum absolute atomic E-state index is 0.203. The molecule has 0 bridgehead atoms. The lowest BCUT2D eigenvalue weighted by Gasteiger charge is -2.36. The molecule has 1 heterocycles. The average Bonchev–Trinajstić information content (AvgIpc) is 2.99. The third kappa shape index (κ3) is 7.26. The van der Waals surface area contributed by atoms with Crippen molar-refractivity contribution in [2.75, 3.05) is 43.4 Å². The number of piperazine rings is 1. The highest BCUT2D eigenvalue weighted by molar-refractivity contribution is 6.30. The van der Waals surface area contributed by atoms with Gasteiger partial charge in [-0.25, -0.2) is 9.18 Å². The Balaban J connectivity index is 1.30. The van der Waals surface area contributed by atoms with Gasteiger partial charge in [0.2, 0.25) is 0 Å². The highest BCUT2D eigenvalue weighted by atomic mass is 35.5. The Hall–Kier alpha value is -4.76. The van der Waals surface area contributed by atoms with Crippen molar-refractivity contribution in [3.8, 4) is 23.0 Å². The van der Waals surface area contributed by atoms with Crippen LogP contribution in [-0.4, -0.2) is 50.1 Å². The summed E-state index contributed by atoms with van der Waals surface area (Å²) in [6.45, 7) is 2.45. The number of ether oxygens (including phenoxy) is 2. The number of hydrogen-bond donors (Lipinski definition) is 2. The Morgan fingerprint density at radius 1 is 0.756 bits per heavy atom. The summed E-state index contributed by atoms with van der Waals surface area (Å²) >= 11 is 6.01. The summed E-state index contributed by atoms with van der Waals surface area (Å²) in [6.07, 6.45) is 0. The SMILES string of the molecule is CNC(=O)c1ccc(Oc2cc(NC(=O)N3CCN(c4ccc(Cl)cc4)CC3)cc(Oc3ccc(F)cc3)c2)cc1. The van der Waals surface area contributed by atoms with Crippen LogP contribution in [-0.2, 0) is 0 Å². The lowest BCUT2D eigenvalue weighted by molar-refractivity contribution is 0.0963. The monoisotopic (exact) mass is 574 g/mol. The molecule has 41 heavy (non-hydrogen) atoms. The fraction of sp³-hybridized carbons (Fsp3) is 0.161. The fourth-order valence-electron chi connectivity index (χ4n) is 4.38. The van der Waals surface area contributed by atoms with Crippen LogP contribution in [0.5, 0.6) is 23.0 Å². The Labute approximate surface area is 242 Å². The molecule has 0 aromatic heterocycles. The Morgan fingerprint density at radius 3 is 1.88 bits per heavy atom. The summed E-state index contributed by atoms with van der Waals surface area (Å²) in [5.41, 5.74) is 2.02. The average molecular weight is 575 g/mol. The van der Waals surface area contributed by atoms with Crippen molar-refractivity contribution in [3.05, 3.63) is 107 Å². The van der Waals surface area contributed by atoms with E-state index >= 15 is 0 Å². The normalized spacial score (nSPS) is 13.0. The van der Waals surface area contributed by atoms with Crippen LogP contribution >= 0.6 is 11.6 Å². The first kappa shape index (κ1) is 27.8. The second-order valence-corrected chi connectivity index (χ2v) is 9.77. The highest BCUT2D eigenvalue weighted by Gasteiger charge is 2.22. The van der Waals surface area contributed by atoms with Crippen LogP contribution in [0.4, 0.5) is 20.6 Å². The lowest BCUT2D eigenvalue weighted by Crippen LogP contribution is -2.50. The van der Waals surface area contributed by atoms with Crippen LogP contribution < -0.4 is 25.0 Å². The molecule has 0 unspecified atom stereocenters. The highest BCUT2D eigenvalue weighted by Crippen LogP contribution is 2.33. The molecule has 1 aliphatic heterocycles. The van der Waals surface area contributed by atoms with E-state index in [1.807, 2.05) is 24.3 Å². The van der Waals surface area contributed by atoms with Gasteiger partial charge in [0.1, 0.15) is 28.8 Å². The molecule has 210 valence electrons. The summed E-state index contributed by atoms with van der Waals surface area (Å²) < 4.78 is 25.4. The van der Waals surface area contributed by atoms with Crippen LogP contribution in [0.3, 0.4) is 0 Å². The number of anilines is 2. The lowest BCUT2D eigenvalue weighted by atomic mass is 10.2. The first-order chi connectivity index (χ1) is 19.9. The number of rotatable bonds is 7. The molecule has 3 amide bonds. The molecular formula is C31H28ClFN4O4. The van der Waals surface area contributed by atoms with E-state index in [4.69, 9.17) is 21.1 Å². The molecule has 1 fully saturated rings. The van der Waals surface area contributed by atoms with Crippen molar-refractivity contribution < 1.29 is 23.5 Å². The maximum absolute atomic E-state index is 13.4. The smallest absolute Gasteiger partial charge is 0.321 e. The second-order valence-electron chi connectivity index (χ2n) is 9.34. The first-order valence-corrected chi connectivity index (χ1v) is 13.4. The largest absolute Gasteiger partial charge is 0.457 e. The molecule has 10 heteroatoms. The summed E-state index contributed by atoms with van der Waals surface area (Å²) in [5, 5.41) is 6.21. The number of halogens is 2. The summed E-state index contributed by atoms with van der Waals surface area (Å²) in [6, 6.07) is 24.7. The maximum atomic E-state index is 13.4. The number of hydrogen-bond acceptors (Lipinski definition) is 5. The molecule has 5 rings (SSSR count). The van der Waals surface area contributed by atoms with E-state index in [2.05, 4.69) is 15.5 Å². The van der Waals surface area contributed by atoms with Gasteiger partial charge in [-0.1, -0.05) is 11.6 Å². The zero-order valence-electron chi connectivity index (χ0n) is 22.3. The summed E-state index contributed by atoms with van der Waals surface area (Å²) in [5.74, 6) is 1.13. The van der Waals surface area contributed by atoms with E-state index in [9.17, 15) is 14.0 Å². The molecule has 0 aliphatic carbocycles. The van der Waals surface area contributed by atoms with Gasteiger partial charge >= 0.3 is 6.03 Å². The summed E-state index contributed by atoms with van der Waals surface area (Å²) in [7, 11) is 1.56. The number of nitrogens with zero attached hydrogens (tertiary/aromatic N) is 2. The summed E-state index contributed by atoms with van der Waals surface area (Å²) in [4.78, 5) is 29.0. The fourth-order valence-corrected chi connectivity index (χ4v) is 4.50. The van der Waals surface area contributed by atoms with Gasteiger partial charge in [-0.3, -0.25) is 4.79 Å². The third-order valence-electron chi connectivity index (χ3n) is 6.52. The Kier molecular flexibility index (Phi) is 8.55. The third-order valence-corrected chi connectivity index (χ3v) is 6.77. The molecule has 0 saturated carbocycles. The molecule has 1 aliphatic rings. The molecule has 1 saturated heterocycles. The van der Waals surface area contributed by atoms with E-state index in [-0.39, 0.29) is 17.8 Å². The zero-order chi connectivity index (χ0) is 28.8.